The smallest absolute Gasteiger partial charge is 0.248 e. The monoisotopic (exact) mass is 258 g/mol. The van der Waals surface area contributed by atoms with Crippen molar-refractivity contribution in [3.05, 3.63) is 34.3 Å². The quantitative estimate of drug-likeness (QED) is 0.323. The molecule has 0 fully saturated rings. The van der Waals surface area contributed by atoms with Crippen LogP contribution < -0.4 is 17.3 Å². The van der Waals surface area contributed by atoms with E-state index in [2.05, 4.69) is 5.10 Å². The molecule has 0 heterocycles. The maximum absolute atomic E-state index is 10.9. The molecular formula is C9H11ClN4OS. The number of benzene rings is 1. The molecule has 0 atom stereocenters. The second-order valence-electron chi connectivity index (χ2n) is 2.93. The van der Waals surface area contributed by atoms with Crippen LogP contribution in [0.3, 0.4) is 0 Å². The van der Waals surface area contributed by atoms with Crippen molar-refractivity contribution in [3.8, 4) is 0 Å². The first-order valence-corrected chi connectivity index (χ1v) is 5.65. The molecule has 0 aliphatic rings. The lowest BCUT2D eigenvalue weighted by Crippen LogP contribution is -2.11. The van der Waals surface area contributed by atoms with E-state index in [1.807, 2.05) is 0 Å². The molecule has 1 rings (SSSR count). The number of amidine groups is 1. The van der Waals surface area contributed by atoms with Gasteiger partial charge in [0, 0.05) is 16.3 Å². The van der Waals surface area contributed by atoms with Crippen molar-refractivity contribution in [1.29, 1.82) is 0 Å². The normalized spacial score (nSPS) is 11.4. The highest BCUT2D eigenvalue weighted by Crippen LogP contribution is 2.22. The van der Waals surface area contributed by atoms with Crippen molar-refractivity contribution in [2.24, 2.45) is 22.4 Å². The summed E-state index contributed by atoms with van der Waals surface area (Å²) in [6.45, 7) is 0. The van der Waals surface area contributed by atoms with E-state index in [1.165, 1.54) is 17.8 Å². The van der Waals surface area contributed by atoms with Crippen molar-refractivity contribution in [2.45, 2.75) is 5.75 Å². The molecule has 0 saturated heterocycles. The fraction of sp³-hybridized carbons (Fsp3) is 0.111. The van der Waals surface area contributed by atoms with Crippen LogP contribution in [0.1, 0.15) is 15.9 Å². The van der Waals surface area contributed by atoms with E-state index in [-0.39, 0.29) is 5.17 Å². The molecule has 6 N–H and O–H groups in total. The number of hydrazone groups is 1. The summed E-state index contributed by atoms with van der Waals surface area (Å²) in [6, 6.07) is 4.86. The van der Waals surface area contributed by atoms with Gasteiger partial charge in [0.15, 0.2) is 5.17 Å². The SMILES string of the molecule is N/N=C(/N)SCc1ccc(C(N)=O)cc1Cl. The second kappa shape index (κ2) is 5.62. The van der Waals surface area contributed by atoms with Gasteiger partial charge in [-0.25, -0.2) is 0 Å². The van der Waals surface area contributed by atoms with Crippen LogP contribution >= 0.6 is 23.4 Å². The van der Waals surface area contributed by atoms with Crippen LogP contribution in [0.4, 0.5) is 0 Å². The van der Waals surface area contributed by atoms with Crippen molar-refractivity contribution < 1.29 is 4.79 Å². The van der Waals surface area contributed by atoms with Crippen LogP contribution in [-0.2, 0) is 5.75 Å². The van der Waals surface area contributed by atoms with Gasteiger partial charge >= 0.3 is 0 Å². The second-order valence-corrected chi connectivity index (χ2v) is 4.33. The number of halogens is 1. The fourth-order valence-corrected chi connectivity index (χ4v) is 1.96. The number of hydrogen-bond acceptors (Lipinski definition) is 4. The predicted molar refractivity (Wildman–Crippen MR) is 67.1 cm³/mol. The number of nitrogens with zero attached hydrogens (tertiary/aromatic N) is 1. The van der Waals surface area contributed by atoms with Crippen LogP contribution in [0.15, 0.2) is 23.3 Å². The Hall–Kier alpha value is -1.40. The van der Waals surface area contributed by atoms with E-state index in [9.17, 15) is 4.79 Å². The zero-order chi connectivity index (χ0) is 12.1. The van der Waals surface area contributed by atoms with Gasteiger partial charge in [-0.15, -0.1) is 0 Å². The maximum Gasteiger partial charge on any atom is 0.248 e. The number of rotatable bonds is 3. The molecule has 1 aromatic rings. The molecule has 0 bridgehead atoms. The Bertz CT molecular complexity index is 436. The van der Waals surface area contributed by atoms with E-state index in [1.54, 1.807) is 12.1 Å². The lowest BCUT2D eigenvalue weighted by Gasteiger charge is -2.04. The standard InChI is InChI=1S/C9H11ClN4OS/c10-7-3-5(8(11)15)1-2-6(7)4-16-9(12)14-13/h1-3H,4,13H2,(H2,11,15)(H2,12,14). The largest absolute Gasteiger partial charge is 0.377 e. The number of primary amides is 1. The zero-order valence-corrected chi connectivity index (χ0v) is 9.89. The van der Waals surface area contributed by atoms with E-state index >= 15 is 0 Å². The van der Waals surface area contributed by atoms with Gasteiger partial charge in [-0.2, -0.15) is 5.10 Å². The van der Waals surface area contributed by atoms with Gasteiger partial charge in [0.2, 0.25) is 5.91 Å². The molecular weight excluding hydrogens is 248 g/mol. The van der Waals surface area contributed by atoms with Gasteiger partial charge in [0.05, 0.1) is 0 Å². The Morgan fingerprint density at radius 3 is 2.62 bits per heavy atom. The molecule has 0 saturated carbocycles. The van der Waals surface area contributed by atoms with Crippen molar-refractivity contribution in [2.75, 3.05) is 0 Å². The summed E-state index contributed by atoms with van der Waals surface area (Å²) in [5.41, 5.74) is 11.7. The molecule has 86 valence electrons. The third-order valence-corrected chi connectivity index (χ3v) is 3.05. The molecule has 1 aromatic carbocycles. The summed E-state index contributed by atoms with van der Waals surface area (Å²) in [6.07, 6.45) is 0. The minimum absolute atomic E-state index is 0.273. The summed E-state index contributed by atoms with van der Waals surface area (Å²) in [7, 11) is 0. The summed E-state index contributed by atoms with van der Waals surface area (Å²) in [5.74, 6) is 5.01. The summed E-state index contributed by atoms with van der Waals surface area (Å²) < 4.78 is 0. The first-order valence-electron chi connectivity index (χ1n) is 4.29. The summed E-state index contributed by atoms with van der Waals surface area (Å²) in [4.78, 5) is 10.9. The topological polar surface area (TPSA) is 107 Å². The third-order valence-electron chi connectivity index (χ3n) is 1.84. The number of amides is 1. The van der Waals surface area contributed by atoms with E-state index in [0.717, 1.165) is 5.56 Å². The number of carbonyl (C=O) groups excluding carboxylic acids is 1. The Kier molecular flexibility index (Phi) is 4.45. The van der Waals surface area contributed by atoms with Crippen molar-refractivity contribution in [1.82, 2.24) is 0 Å². The van der Waals surface area contributed by atoms with Crippen LogP contribution in [0.25, 0.3) is 0 Å². The first-order chi connectivity index (χ1) is 7.54. The zero-order valence-electron chi connectivity index (χ0n) is 8.31. The van der Waals surface area contributed by atoms with Crippen LogP contribution in [-0.4, -0.2) is 11.1 Å². The third kappa shape index (κ3) is 3.32. The van der Waals surface area contributed by atoms with Gasteiger partial charge in [0.1, 0.15) is 0 Å². The molecule has 1 amide bonds. The molecule has 0 spiro atoms. The predicted octanol–water partition coefficient (Wildman–Crippen LogP) is 0.860. The van der Waals surface area contributed by atoms with Crippen molar-refractivity contribution in [3.63, 3.8) is 0 Å². The highest BCUT2D eigenvalue weighted by molar-refractivity contribution is 8.13. The lowest BCUT2D eigenvalue weighted by molar-refractivity contribution is 0.100. The minimum atomic E-state index is -0.510. The molecule has 0 aliphatic heterocycles. The summed E-state index contributed by atoms with van der Waals surface area (Å²) >= 11 is 7.23. The van der Waals surface area contributed by atoms with Crippen LogP contribution in [0.5, 0.6) is 0 Å². The van der Waals surface area contributed by atoms with Gasteiger partial charge in [-0.1, -0.05) is 29.4 Å². The molecule has 0 unspecified atom stereocenters. The number of hydrogen-bond donors (Lipinski definition) is 3. The molecule has 5 nitrogen and oxygen atoms in total. The van der Waals surface area contributed by atoms with Gasteiger partial charge in [0.25, 0.3) is 0 Å². The molecule has 0 aromatic heterocycles. The number of nitrogens with two attached hydrogens (primary N) is 3. The highest BCUT2D eigenvalue weighted by atomic mass is 35.5. The Balaban J connectivity index is 2.79. The molecule has 0 aliphatic carbocycles. The number of carbonyl (C=O) groups is 1. The van der Waals surface area contributed by atoms with Crippen LogP contribution in [0, 0.1) is 0 Å². The maximum atomic E-state index is 10.9. The van der Waals surface area contributed by atoms with E-state index in [0.29, 0.717) is 16.3 Å². The Labute approximate surface area is 102 Å². The Morgan fingerprint density at radius 2 is 2.12 bits per heavy atom. The van der Waals surface area contributed by atoms with E-state index < -0.39 is 5.91 Å². The first kappa shape index (κ1) is 12.7. The molecule has 0 radical (unpaired) electrons. The summed E-state index contributed by atoms with van der Waals surface area (Å²) in [5, 5.41) is 4.06. The number of thioether (sulfide) groups is 1. The lowest BCUT2D eigenvalue weighted by atomic mass is 10.1. The van der Waals surface area contributed by atoms with E-state index in [4.69, 9.17) is 28.9 Å². The van der Waals surface area contributed by atoms with Gasteiger partial charge in [-0.3, -0.25) is 4.79 Å². The molecule has 7 heteroatoms. The van der Waals surface area contributed by atoms with Gasteiger partial charge in [-0.05, 0) is 17.7 Å². The fourth-order valence-electron chi connectivity index (χ4n) is 1.01. The Morgan fingerprint density at radius 1 is 1.44 bits per heavy atom. The van der Waals surface area contributed by atoms with Gasteiger partial charge < -0.3 is 17.3 Å². The minimum Gasteiger partial charge on any atom is -0.377 e. The average Bonchev–Trinajstić information content (AvgIpc) is 2.26. The molecule has 16 heavy (non-hydrogen) atoms. The van der Waals surface area contributed by atoms with Crippen molar-refractivity contribution >= 4 is 34.4 Å². The van der Waals surface area contributed by atoms with Crippen LogP contribution in [0.2, 0.25) is 5.02 Å². The average molecular weight is 259 g/mol. The highest BCUT2D eigenvalue weighted by Gasteiger charge is 2.06.